The molecule has 7 nitrogen and oxygen atoms in total. The number of aromatic amines is 1. The van der Waals surface area contributed by atoms with E-state index < -0.39 is 4.92 Å². The van der Waals surface area contributed by atoms with Crippen molar-refractivity contribution in [2.45, 2.75) is 25.8 Å². The van der Waals surface area contributed by atoms with Gasteiger partial charge in [0.2, 0.25) is 0 Å². The summed E-state index contributed by atoms with van der Waals surface area (Å²) in [7, 11) is 0. The van der Waals surface area contributed by atoms with Gasteiger partial charge >= 0.3 is 0 Å². The number of halogens is 1. The summed E-state index contributed by atoms with van der Waals surface area (Å²) < 4.78 is 0. The molecule has 1 atom stereocenters. The molecule has 1 unspecified atom stereocenters. The third-order valence-electron chi connectivity index (χ3n) is 4.81. The van der Waals surface area contributed by atoms with Crippen molar-refractivity contribution in [2.75, 3.05) is 19.6 Å². The van der Waals surface area contributed by atoms with Crippen LogP contribution in [-0.2, 0) is 0 Å². The molecule has 1 aromatic carbocycles. The van der Waals surface area contributed by atoms with Gasteiger partial charge in [0, 0.05) is 30.4 Å². The van der Waals surface area contributed by atoms with Crippen molar-refractivity contribution >= 4 is 23.2 Å². The van der Waals surface area contributed by atoms with E-state index in [-0.39, 0.29) is 16.7 Å². The standard InChI is InChI=1S/C18H21ClN4O3/c1-2-22-9-3-4-14(22)11-20-18(24)15-10-16(21-17(15)19)12-5-7-13(8-6-12)23(25)26/h5-8,10,14,21H,2-4,9,11H2,1H3,(H,20,24). The highest BCUT2D eigenvalue weighted by Crippen LogP contribution is 2.26. The maximum absolute atomic E-state index is 12.5. The molecular formula is C18H21ClN4O3. The minimum absolute atomic E-state index is 0.0152. The average Bonchev–Trinajstić information content (AvgIpc) is 3.25. The number of carbonyl (C=O) groups excluding carboxylic acids is 1. The number of non-ortho nitro benzene ring substituents is 1. The smallest absolute Gasteiger partial charge is 0.269 e. The number of rotatable bonds is 6. The van der Waals surface area contributed by atoms with E-state index in [9.17, 15) is 14.9 Å². The summed E-state index contributed by atoms with van der Waals surface area (Å²) in [5.41, 5.74) is 1.76. The van der Waals surface area contributed by atoms with Gasteiger partial charge in [0.05, 0.1) is 10.5 Å². The van der Waals surface area contributed by atoms with Crippen LogP contribution in [-0.4, -0.2) is 46.4 Å². The Morgan fingerprint density at radius 3 is 2.81 bits per heavy atom. The van der Waals surface area contributed by atoms with Crippen LogP contribution in [0.2, 0.25) is 5.15 Å². The molecule has 138 valence electrons. The summed E-state index contributed by atoms with van der Waals surface area (Å²) in [6.07, 6.45) is 2.24. The van der Waals surface area contributed by atoms with Crippen molar-refractivity contribution in [1.29, 1.82) is 0 Å². The Morgan fingerprint density at radius 1 is 1.42 bits per heavy atom. The van der Waals surface area contributed by atoms with Crippen molar-refractivity contribution in [2.24, 2.45) is 0 Å². The molecular weight excluding hydrogens is 356 g/mol. The van der Waals surface area contributed by atoms with E-state index in [0.717, 1.165) is 31.5 Å². The Morgan fingerprint density at radius 2 is 2.15 bits per heavy atom. The number of H-pyrrole nitrogens is 1. The fraction of sp³-hybridized carbons (Fsp3) is 0.389. The van der Waals surface area contributed by atoms with Crippen LogP contribution < -0.4 is 5.32 Å². The highest BCUT2D eigenvalue weighted by atomic mass is 35.5. The quantitative estimate of drug-likeness (QED) is 0.596. The number of nitro benzene ring substituents is 1. The summed E-state index contributed by atoms with van der Waals surface area (Å²) in [5, 5.41) is 14.0. The van der Waals surface area contributed by atoms with E-state index in [0.29, 0.717) is 23.8 Å². The summed E-state index contributed by atoms with van der Waals surface area (Å²) in [5.74, 6) is -0.220. The number of amides is 1. The molecule has 0 radical (unpaired) electrons. The van der Waals surface area contributed by atoms with Gasteiger partial charge in [-0.15, -0.1) is 0 Å². The van der Waals surface area contributed by atoms with E-state index in [1.54, 1.807) is 18.2 Å². The first-order valence-electron chi connectivity index (χ1n) is 8.65. The van der Waals surface area contributed by atoms with Crippen LogP contribution in [0.3, 0.4) is 0 Å². The van der Waals surface area contributed by atoms with Crippen LogP contribution in [0.4, 0.5) is 5.69 Å². The highest BCUT2D eigenvalue weighted by Gasteiger charge is 2.24. The fourth-order valence-electron chi connectivity index (χ4n) is 3.36. The zero-order valence-electron chi connectivity index (χ0n) is 14.5. The lowest BCUT2D eigenvalue weighted by Gasteiger charge is -2.22. The lowest BCUT2D eigenvalue weighted by atomic mass is 10.1. The van der Waals surface area contributed by atoms with Crippen molar-refractivity contribution in [3.05, 3.63) is 51.2 Å². The minimum atomic E-state index is -0.451. The molecule has 1 amide bonds. The van der Waals surface area contributed by atoms with E-state index in [1.807, 2.05) is 0 Å². The Hall–Kier alpha value is -2.38. The molecule has 2 N–H and O–H groups in total. The van der Waals surface area contributed by atoms with Gasteiger partial charge < -0.3 is 10.3 Å². The largest absolute Gasteiger partial charge is 0.350 e. The van der Waals surface area contributed by atoms with Crippen LogP contribution >= 0.6 is 11.6 Å². The van der Waals surface area contributed by atoms with Gasteiger partial charge in [0.15, 0.2) is 0 Å². The third kappa shape index (κ3) is 3.89. The Bertz CT molecular complexity index is 803. The molecule has 0 spiro atoms. The molecule has 1 aromatic heterocycles. The number of hydrogen-bond donors (Lipinski definition) is 2. The van der Waals surface area contributed by atoms with Crippen molar-refractivity contribution in [1.82, 2.24) is 15.2 Å². The number of likely N-dealkylation sites (tertiary alicyclic amines) is 1. The first-order valence-corrected chi connectivity index (χ1v) is 9.03. The maximum atomic E-state index is 12.5. The predicted octanol–water partition coefficient (Wildman–Crippen LogP) is 3.46. The van der Waals surface area contributed by atoms with Gasteiger partial charge in [-0.25, -0.2) is 0 Å². The first kappa shape index (κ1) is 18.4. The van der Waals surface area contributed by atoms with Gasteiger partial charge in [-0.05, 0) is 49.7 Å². The zero-order valence-corrected chi connectivity index (χ0v) is 15.3. The molecule has 0 bridgehead atoms. The SMILES string of the molecule is CCN1CCCC1CNC(=O)c1cc(-c2ccc([N+](=O)[O-])cc2)[nH]c1Cl. The Kier molecular flexibility index (Phi) is 5.58. The fourth-order valence-corrected chi connectivity index (χ4v) is 3.60. The second-order valence-corrected chi connectivity index (χ2v) is 6.73. The maximum Gasteiger partial charge on any atom is 0.269 e. The summed E-state index contributed by atoms with van der Waals surface area (Å²) in [6, 6.07) is 8.13. The molecule has 2 aromatic rings. The van der Waals surface area contributed by atoms with Crippen molar-refractivity contribution < 1.29 is 9.72 Å². The Labute approximate surface area is 156 Å². The lowest BCUT2D eigenvalue weighted by molar-refractivity contribution is -0.384. The summed E-state index contributed by atoms with van der Waals surface area (Å²) >= 11 is 6.19. The van der Waals surface area contributed by atoms with Crippen LogP contribution in [0, 0.1) is 10.1 Å². The number of carbonyl (C=O) groups is 1. The molecule has 26 heavy (non-hydrogen) atoms. The van der Waals surface area contributed by atoms with Gasteiger partial charge in [0.1, 0.15) is 5.15 Å². The normalized spacial score (nSPS) is 17.4. The highest BCUT2D eigenvalue weighted by molar-refractivity contribution is 6.33. The third-order valence-corrected chi connectivity index (χ3v) is 5.10. The number of hydrogen-bond acceptors (Lipinski definition) is 4. The number of nitrogens with one attached hydrogen (secondary N) is 2. The van der Waals surface area contributed by atoms with Crippen LogP contribution in [0.1, 0.15) is 30.1 Å². The monoisotopic (exact) mass is 376 g/mol. The van der Waals surface area contributed by atoms with Gasteiger partial charge in [0.25, 0.3) is 11.6 Å². The molecule has 0 aliphatic carbocycles. The van der Waals surface area contributed by atoms with E-state index >= 15 is 0 Å². The number of nitrogens with zero attached hydrogens (tertiary/aromatic N) is 2. The van der Waals surface area contributed by atoms with E-state index in [4.69, 9.17) is 11.6 Å². The Balaban J connectivity index is 1.69. The second kappa shape index (κ2) is 7.88. The predicted molar refractivity (Wildman–Crippen MR) is 100 cm³/mol. The second-order valence-electron chi connectivity index (χ2n) is 6.35. The lowest BCUT2D eigenvalue weighted by Crippen LogP contribution is -2.40. The summed E-state index contributed by atoms with van der Waals surface area (Å²) in [4.78, 5) is 28.1. The number of nitro groups is 1. The van der Waals surface area contributed by atoms with Gasteiger partial charge in [-0.3, -0.25) is 19.8 Å². The van der Waals surface area contributed by atoms with Crippen LogP contribution in [0.15, 0.2) is 30.3 Å². The van der Waals surface area contributed by atoms with Crippen molar-refractivity contribution in [3.63, 3.8) is 0 Å². The topological polar surface area (TPSA) is 91.3 Å². The average molecular weight is 377 g/mol. The molecule has 1 saturated heterocycles. The number of benzene rings is 1. The molecule has 0 saturated carbocycles. The molecule has 1 aliphatic rings. The molecule has 2 heterocycles. The summed E-state index contributed by atoms with van der Waals surface area (Å²) in [6.45, 7) is 4.78. The molecule has 1 fully saturated rings. The first-order chi connectivity index (χ1) is 12.5. The van der Waals surface area contributed by atoms with Crippen LogP contribution in [0.25, 0.3) is 11.3 Å². The minimum Gasteiger partial charge on any atom is -0.350 e. The van der Waals surface area contributed by atoms with Gasteiger partial charge in [-0.2, -0.15) is 0 Å². The number of likely N-dealkylation sites (N-methyl/N-ethyl adjacent to an activating group) is 1. The zero-order chi connectivity index (χ0) is 18.7. The molecule has 8 heteroatoms. The van der Waals surface area contributed by atoms with E-state index in [1.165, 1.54) is 12.1 Å². The van der Waals surface area contributed by atoms with Gasteiger partial charge in [-0.1, -0.05) is 18.5 Å². The van der Waals surface area contributed by atoms with Crippen LogP contribution in [0.5, 0.6) is 0 Å². The van der Waals surface area contributed by atoms with Crippen molar-refractivity contribution in [3.8, 4) is 11.3 Å². The number of aromatic nitrogens is 1. The van der Waals surface area contributed by atoms with E-state index in [2.05, 4.69) is 22.1 Å². The molecule has 1 aliphatic heterocycles. The molecule has 3 rings (SSSR count).